The van der Waals surface area contributed by atoms with Gasteiger partial charge in [0.15, 0.2) is 0 Å². The molecule has 2 amide bonds. The van der Waals surface area contributed by atoms with Gasteiger partial charge in [-0.05, 0) is 25.1 Å². The molecule has 0 radical (unpaired) electrons. The number of anilines is 1. The summed E-state index contributed by atoms with van der Waals surface area (Å²) in [5, 5.41) is 3.14. The summed E-state index contributed by atoms with van der Waals surface area (Å²) >= 11 is 4.53. The number of hydrogen-bond donors (Lipinski definition) is 1. The number of rotatable bonds is 5. The van der Waals surface area contributed by atoms with Crippen LogP contribution in [0.1, 0.15) is 6.92 Å². The largest absolute Gasteiger partial charge is 0.463 e. The van der Waals surface area contributed by atoms with Crippen molar-refractivity contribution >= 4 is 51.2 Å². The molecule has 1 saturated heterocycles. The molecule has 122 valence electrons. The molecule has 0 unspecified atom stereocenters. The molecule has 0 aliphatic carbocycles. The third-order valence-corrected chi connectivity index (χ3v) is 4.37. The van der Waals surface area contributed by atoms with Crippen LogP contribution in [0.4, 0.5) is 5.69 Å². The second kappa shape index (κ2) is 8.16. The van der Waals surface area contributed by atoms with E-state index in [2.05, 4.69) is 21.2 Å². The summed E-state index contributed by atoms with van der Waals surface area (Å²) in [6.45, 7) is 1.81. The van der Waals surface area contributed by atoms with Gasteiger partial charge in [0.25, 0.3) is 0 Å². The van der Waals surface area contributed by atoms with Crippen molar-refractivity contribution in [3.8, 4) is 0 Å². The quantitative estimate of drug-likeness (QED) is 0.608. The van der Waals surface area contributed by atoms with E-state index in [9.17, 15) is 14.4 Å². The van der Waals surface area contributed by atoms with E-state index in [0.29, 0.717) is 10.7 Å². The molecule has 0 bridgehead atoms. The predicted octanol–water partition coefficient (Wildman–Crippen LogP) is 2.37. The van der Waals surface area contributed by atoms with Gasteiger partial charge in [-0.1, -0.05) is 33.8 Å². The van der Waals surface area contributed by atoms with E-state index < -0.39 is 5.97 Å². The van der Waals surface area contributed by atoms with Gasteiger partial charge in [-0.2, -0.15) is 0 Å². The Morgan fingerprint density at radius 3 is 2.96 bits per heavy atom. The van der Waals surface area contributed by atoms with Gasteiger partial charge in [0.1, 0.15) is 6.54 Å². The van der Waals surface area contributed by atoms with Crippen molar-refractivity contribution in [2.24, 2.45) is 0 Å². The maximum atomic E-state index is 12.1. The monoisotopic (exact) mass is 398 g/mol. The zero-order valence-electron chi connectivity index (χ0n) is 12.4. The zero-order chi connectivity index (χ0) is 16.8. The molecular weight excluding hydrogens is 384 g/mol. The third-order valence-electron chi connectivity index (χ3n) is 2.85. The maximum Gasteiger partial charge on any atom is 0.333 e. The van der Waals surface area contributed by atoms with Gasteiger partial charge in [-0.15, -0.1) is 0 Å². The highest BCUT2D eigenvalue weighted by atomic mass is 79.9. The molecule has 1 aliphatic heterocycles. The molecule has 1 aromatic carbocycles. The van der Waals surface area contributed by atoms with Crippen LogP contribution < -0.4 is 5.32 Å². The summed E-state index contributed by atoms with van der Waals surface area (Å²) < 4.78 is 5.67. The minimum Gasteiger partial charge on any atom is -0.463 e. The van der Waals surface area contributed by atoms with E-state index in [1.807, 2.05) is 6.07 Å². The van der Waals surface area contributed by atoms with Crippen LogP contribution in [0.25, 0.3) is 0 Å². The molecule has 1 fully saturated rings. The minimum absolute atomic E-state index is 0.149. The molecule has 1 aliphatic rings. The van der Waals surface area contributed by atoms with E-state index in [-0.39, 0.29) is 30.7 Å². The predicted molar refractivity (Wildman–Crippen MR) is 91.7 cm³/mol. The van der Waals surface area contributed by atoms with Crippen LogP contribution in [-0.4, -0.2) is 41.6 Å². The van der Waals surface area contributed by atoms with Crippen LogP contribution in [0, 0.1) is 0 Å². The molecule has 0 spiro atoms. The fraction of sp³-hybridized carbons (Fsp3) is 0.267. The number of ether oxygens (including phenoxy) is 1. The molecule has 1 N–H and O–H groups in total. The smallest absolute Gasteiger partial charge is 0.333 e. The van der Waals surface area contributed by atoms with Gasteiger partial charge < -0.3 is 10.1 Å². The van der Waals surface area contributed by atoms with Gasteiger partial charge in [0.05, 0.1) is 23.5 Å². The average Bonchev–Trinajstić information content (AvgIpc) is 2.80. The average molecular weight is 399 g/mol. The molecule has 8 heteroatoms. The van der Waals surface area contributed by atoms with E-state index in [0.717, 1.165) is 4.47 Å². The summed E-state index contributed by atoms with van der Waals surface area (Å²) in [5.74, 6) is -0.874. The Morgan fingerprint density at radius 2 is 2.26 bits per heavy atom. The van der Waals surface area contributed by atoms with Crippen molar-refractivity contribution in [2.75, 3.05) is 24.2 Å². The van der Waals surface area contributed by atoms with Crippen LogP contribution in [-0.2, 0) is 19.1 Å². The summed E-state index contributed by atoms with van der Waals surface area (Å²) in [6, 6.07) is 7.14. The second-order valence-corrected chi connectivity index (χ2v) is 6.47. The first-order valence-electron chi connectivity index (χ1n) is 6.86. The van der Waals surface area contributed by atoms with Crippen LogP contribution in [0.5, 0.6) is 0 Å². The lowest BCUT2D eigenvalue weighted by Gasteiger charge is -2.16. The third kappa shape index (κ3) is 5.11. The number of hydrogen-bond acceptors (Lipinski definition) is 5. The number of benzene rings is 1. The zero-order valence-corrected chi connectivity index (χ0v) is 14.8. The fourth-order valence-electron chi connectivity index (χ4n) is 1.90. The lowest BCUT2D eigenvalue weighted by atomic mass is 10.3. The highest BCUT2D eigenvalue weighted by Gasteiger charge is 2.29. The standard InChI is InChI=1S/C15H15BrN2O4S/c1-2-22-15(21)7-14-18(13(20)9-23-14)8-12(19)17-11-5-3-4-10(16)6-11/h3-7H,2,8-9H2,1H3,(H,17,19)/b14-7-. The van der Waals surface area contributed by atoms with Crippen molar-refractivity contribution in [1.29, 1.82) is 0 Å². The van der Waals surface area contributed by atoms with Gasteiger partial charge in [-0.25, -0.2) is 4.79 Å². The number of carbonyl (C=O) groups is 3. The van der Waals surface area contributed by atoms with Crippen LogP contribution in [0.15, 0.2) is 39.8 Å². The Hall–Kier alpha value is -1.80. The molecular formula is C15H15BrN2O4S. The SMILES string of the molecule is CCOC(=O)/C=C1\SCC(=O)N1CC(=O)Nc1cccc(Br)c1. The van der Waals surface area contributed by atoms with Crippen LogP contribution in [0.3, 0.4) is 0 Å². The number of nitrogens with one attached hydrogen (secondary N) is 1. The lowest BCUT2D eigenvalue weighted by Crippen LogP contribution is -2.34. The first-order chi connectivity index (χ1) is 11.0. The molecule has 23 heavy (non-hydrogen) atoms. The highest BCUT2D eigenvalue weighted by Crippen LogP contribution is 2.28. The number of esters is 1. The van der Waals surface area contributed by atoms with Crippen molar-refractivity contribution in [3.63, 3.8) is 0 Å². The maximum absolute atomic E-state index is 12.1. The van der Waals surface area contributed by atoms with Gasteiger partial charge in [0.2, 0.25) is 11.8 Å². The van der Waals surface area contributed by atoms with Gasteiger partial charge in [0, 0.05) is 10.2 Å². The normalized spacial score (nSPS) is 15.8. The Balaban J connectivity index is 2.02. The second-order valence-electron chi connectivity index (χ2n) is 4.56. The lowest BCUT2D eigenvalue weighted by molar-refractivity contribution is -0.137. The van der Waals surface area contributed by atoms with Crippen molar-refractivity contribution in [2.45, 2.75) is 6.92 Å². The molecule has 2 rings (SSSR count). The molecule has 0 aromatic heterocycles. The number of carbonyl (C=O) groups excluding carboxylic acids is 3. The number of halogens is 1. The van der Waals surface area contributed by atoms with E-state index in [4.69, 9.17) is 4.74 Å². The summed E-state index contributed by atoms with van der Waals surface area (Å²) in [6.07, 6.45) is 1.24. The number of nitrogens with zero attached hydrogens (tertiary/aromatic N) is 1. The van der Waals surface area contributed by atoms with E-state index in [1.165, 1.54) is 22.7 Å². The number of amides is 2. The first-order valence-corrected chi connectivity index (χ1v) is 8.64. The van der Waals surface area contributed by atoms with E-state index in [1.54, 1.807) is 25.1 Å². The van der Waals surface area contributed by atoms with Gasteiger partial charge >= 0.3 is 5.97 Å². The molecule has 1 aromatic rings. The highest BCUT2D eigenvalue weighted by molar-refractivity contribution is 9.10. The van der Waals surface area contributed by atoms with Gasteiger partial charge in [-0.3, -0.25) is 14.5 Å². The summed E-state index contributed by atoms with van der Waals surface area (Å²) in [5.41, 5.74) is 0.625. The Morgan fingerprint density at radius 1 is 1.48 bits per heavy atom. The van der Waals surface area contributed by atoms with Crippen LogP contribution >= 0.6 is 27.7 Å². The Bertz CT molecular complexity index is 663. The molecule has 1 heterocycles. The molecule has 6 nitrogen and oxygen atoms in total. The molecule has 0 saturated carbocycles. The molecule has 0 atom stereocenters. The Kier molecular flexibility index (Phi) is 6.23. The number of thioether (sulfide) groups is 1. The van der Waals surface area contributed by atoms with E-state index >= 15 is 0 Å². The fourth-order valence-corrected chi connectivity index (χ4v) is 3.22. The topological polar surface area (TPSA) is 75.7 Å². The van der Waals surface area contributed by atoms with Crippen molar-refractivity contribution in [1.82, 2.24) is 4.90 Å². The summed E-state index contributed by atoms with van der Waals surface area (Å²) in [7, 11) is 0. The van der Waals surface area contributed by atoms with Crippen molar-refractivity contribution < 1.29 is 19.1 Å². The Labute approximate surface area is 146 Å². The van der Waals surface area contributed by atoms with Crippen molar-refractivity contribution in [3.05, 3.63) is 39.8 Å². The first kappa shape index (κ1) is 17.6. The van der Waals surface area contributed by atoms with Crippen LogP contribution in [0.2, 0.25) is 0 Å². The summed E-state index contributed by atoms with van der Waals surface area (Å²) in [4.78, 5) is 36.8. The minimum atomic E-state index is -0.526.